The Kier molecular flexibility index (Phi) is 4.71. The van der Waals surface area contributed by atoms with Gasteiger partial charge in [-0.25, -0.2) is 0 Å². The molecular formula is C12H20O2. The van der Waals surface area contributed by atoms with Crippen molar-refractivity contribution < 1.29 is 9.90 Å². The second-order valence-electron chi connectivity index (χ2n) is 4.12. The van der Waals surface area contributed by atoms with Gasteiger partial charge in [0.15, 0.2) is 0 Å². The molecule has 80 valence electrons. The average molecular weight is 196 g/mol. The molecule has 2 unspecified atom stereocenters. The quantitative estimate of drug-likeness (QED) is 0.501. The Labute approximate surface area is 86.0 Å². The molecule has 0 radical (unpaired) electrons. The van der Waals surface area contributed by atoms with E-state index in [9.17, 15) is 4.79 Å². The van der Waals surface area contributed by atoms with E-state index in [1.807, 2.05) is 0 Å². The van der Waals surface area contributed by atoms with Crippen molar-refractivity contribution in [3.05, 3.63) is 12.2 Å². The smallest absolute Gasteiger partial charge is 0.307 e. The molecule has 0 heterocycles. The minimum absolute atomic E-state index is 0.0816. The summed E-state index contributed by atoms with van der Waals surface area (Å²) in [6, 6.07) is 0. The normalized spacial score (nSPS) is 25.5. The van der Waals surface area contributed by atoms with Crippen molar-refractivity contribution in [3.8, 4) is 0 Å². The number of carboxylic acid groups (broad SMARTS) is 1. The zero-order valence-electron chi connectivity index (χ0n) is 8.91. The zero-order valence-corrected chi connectivity index (χ0v) is 8.91. The molecule has 2 heteroatoms. The number of aliphatic carboxylic acids is 1. The van der Waals surface area contributed by atoms with E-state index in [1.54, 1.807) is 0 Å². The van der Waals surface area contributed by atoms with Gasteiger partial charge in [-0.1, -0.05) is 38.3 Å². The van der Waals surface area contributed by atoms with Crippen LogP contribution in [0.25, 0.3) is 0 Å². The molecule has 0 aromatic heterocycles. The Morgan fingerprint density at radius 2 is 2.21 bits per heavy atom. The molecule has 0 spiro atoms. The molecule has 2 atom stereocenters. The van der Waals surface area contributed by atoms with Gasteiger partial charge >= 0.3 is 5.97 Å². The van der Waals surface area contributed by atoms with Crippen LogP contribution in [0.15, 0.2) is 12.2 Å². The van der Waals surface area contributed by atoms with Gasteiger partial charge in [0.25, 0.3) is 0 Å². The minimum Gasteiger partial charge on any atom is -0.481 e. The highest BCUT2D eigenvalue weighted by Crippen LogP contribution is 2.39. The van der Waals surface area contributed by atoms with Gasteiger partial charge in [0.05, 0.1) is 5.92 Å². The lowest BCUT2D eigenvalue weighted by atomic mass is 10.1. The first-order chi connectivity index (χ1) is 6.75. The molecule has 0 amide bonds. The fourth-order valence-electron chi connectivity index (χ4n) is 1.67. The van der Waals surface area contributed by atoms with Crippen molar-refractivity contribution in [1.29, 1.82) is 0 Å². The molecule has 2 nitrogen and oxygen atoms in total. The fourth-order valence-corrected chi connectivity index (χ4v) is 1.67. The molecule has 1 rings (SSSR count). The van der Waals surface area contributed by atoms with Crippen LogP contribution in [0.3, 0.4) is 0 Å². The van der Waals surface area contributed by atoms with E-state index < -0.39 is 5.97 Å². The lowest BCUT2D eigenvalue weighted by Crippen LogP contribution is -1.97. The van der Waals surface area contributed by atoms with E-state index in [0.29, 0.717) is 5.92 Å². The summed E-state index contributed by atoms with van der Waals surface area (Å²) in [5.41, 5.74) is 0. The van der Waals surface area contributed by atoms with E-state index >= 15 is 0 Å². The van der Waals surface area contributed by atoms with Crippen LogP contribution in [0.1, 0.15) is 45.4 Å². The summed E-state index contributed by atoms with van der Waals surface area (Å²) >= 11 is 0. The van der Waals surface area contributed by atoms with Gasteiger partial charge in [0.2, 0.25) is 0 Å². The van der Waals surface area contributed by atoms with Crippen molar-refractivity contribution in [3.63, 3.8) is 0 Å². The highest BCUT2D eigenvalue weighted by molar-refractivity contribution is 5.73. The van der Waals surface area contributed by atoms with Gasteiger partial charge in [-0.05, 0) is 25.2 Å². The highest BCUT2D eigenvalue weighted by atomic mass is 16.4. The minimum atomic E-state index is -0.634. The summed E-state index contributed by atoms with van der Waals surface area (Å²) in [6.07, 6.45) is 11.3. The summed E-state index contributed by atoms with van der Waals surface area (Å²) in [7, 11) is 0. The topological polar surface area (TPSA) is 37.3 Å². The first-order valence-corrected chi connectivity index (χ1v) is 5.65. The number of carboxylic acids is 1. The van der Waals surface area contributed by atoms with Gasteiger partial charge in [-0.15, -0.1) is 0 Å². The molecule has 0 aliphatic heterocycles. The first kappa shape index (κ1) is 11.3. The standard InChI is InChI=1S/C12H20O2/c1-2-3-4-5-6-7-8-10-9-11(10)12(13)14/h7-8,10-11H,2-6,9H2,1H3,(H,13,14)/b8-7-. The van der Waals surface area contributed by atoms with Crippen molar-refractivity contribution in [2.75, 3.05) is 0 Å². The van der Waals surface area contributed by atoms with E-state index in [0.717, 1.165) is 12.8 Å². The molecule has 0 aromatic carbocycles. The lowest BCUT2D eigenvalue weighted by molar-refractivity contribution is -0.138. The molecule has 14 heavy (non-hydrogen) atoms. The maximum atomic E-state index is 10.5. The maximum Gasteiger partial charge on any atom is 0.307 e. The Morgan fingerprint density at radius 3 is 2.79 bits per heavy atom. The largest absolute Gasteiger partial charge is 0.481 e. The maximum absolute atomic E-state index is 10.5. The molecular weight excluding hydrogens is 176 g/mol. The van der Waals surface area contributed by atoms with Crippen LogP contribution in [0.5, 0.6) is 0 Å². The van der Waals surface area contributed by atoms with Crippen LogP contribution >= 0.6 is 0 Å². The number of unbranched alkanes of at least 4 members (excludes halogenated alkanes) is 4. The van der Waals surface area contributed by atoms with Crippen LogP contribution in [0, 0.1) is 11.8 Å². The summed E-state index contributed by atoms with van der Waals surface area (Å²) in [6.45, 7) is 2.21. The van der Waals surface area contributed by atoms with Crippen LogP contribution < -0.4 is 0 Å². The zero-order chi connectivity index (χ0) is 10.4. The van der Waals surface area contributed by atoms with Crippen LogP contribution in [-0.4, -0.2) is 11.1 Å². The Bertz CT molecular complexity index is 208. The van der Waals surface area contributed by atoms with Gasteiger partial charge < -0.3 is 5.11 Å². The summed E-state index contributed by atoms with van der Waals surface area (Å²) in [5, 5.41) is 8.66. The average Bonchev–Trinajstić information content (AvgIpc) is 2.90. The van der Waals surface area contributed by atoms with Gasteiger partial charge in [-0.2, -0.15) is 0 Å². The monoisotopic (exact) mass is 196 g/mol. The van der Waals surface area contributed by atoms with Crippen molar-refractivity contribution in [2.24, 2.45) is 11.8 Å². The second kappa shape index (κ2) is 5.84. The SMILES string of the molecule is CCCCCC/C=C\C1CC1C(=O)O. The Morgan fingerprint density at radius 1 is 1.43 bits per heavy atom. The van der Waals surface area contributed by atoms with Crippen LogP contribution in [0.2, 0.25) is 0 Å². The number of carbonyl (C=O) groups is 1. The molecule has 1 aliphatic rings. The second-order valence-corrected chi connectivity index (χ2v) is 4.12. The number of allylic oxidation sites excluding steroid dienone is 2. The third-order valence-corrected chi connectivity index (χ3v) is 2.76. The van der Waals surface area contributed by atoms with E-state index in [2.05, 4.69) is 19.1 Å². The molecule has 1 fully saturated rings. The number of rotatable bonds is 7. The van der Waals surface area contributed by atoms with E-state index in [1.165, 1.54) is 25.7 Å². The van der Waals surface area contributed by atoms with E-state index in [-0.39, 0.29) is 5.92 Å². The van der Waals surface area contributed by atoms with Crippen LogP contribution in [-0.2, 0) is 4.79 Å². The predicted octanol–water partition coefficient (Wildman–Crippen LogP) is 3.23. The number of hydrogen-bond acceptors (Lipinski definition) is 1. The number of hydrogen-bond donors (Lipinski definition) is 1. The van der Waals surface area contributed by atoms with Crippen molar-refractivity contribution in [1.82, 2.24) is 0 Å². The predicted molar refractivity (Wildman–Crippen MR) is 57.1 cm³/mol. The van der Waals surface area contributed by atoms with Crippen LogP contribution in [0.4, 0.5) is 0 Å². The summed E-state index contributed by atoms with van der Waals surface area (Å²) < 4.78 is 0. The first-order valence-electron chi connectivity index (χ1n) is 5.65. The molecule has 1 N–H and O–H groups in total. The molecule has 0 bridgehead atoms. The third kappa shape index (κ3) is 3.95. The Balaban J connectivity index is 1.97. The lowest BCUT2D eigenvalue weighted by Gasteiger charge is -1.93. The van der Waals surface area contributed by atoms with Crippen molar-refractivity contribution >= 4 is 5.97 Å². The summed E-state index contributed by atoms with van der Waals surface area (Å²) in [4.78, 5) is 10.5. The summed E-state index contributed by atoms with van der Waals surface area (Å²) in [5.74, 6) is -0.383. The van der Waals surface area contributed by atoms with E-state index in [4.69, 9.17) is 5.11 Å². The van der Waals surface area contributed by atoms with Gasteiger partial charge in [0, 0.05) is 0 Å². The van der Waals surface area contributed by atoms with Crippen molar-refractivity contribution in [2.45, 2.75) is 45.4 Å². The molecule has 0 saturated heterocycles. The third-order valence-electron chi connectivity index (χ3n) is 2.76. The van der Waals surface area contributed by atoms with Gasteiger partial charge in [0.1, 0.15) is 0 Å². The molecule has 0 aromatic rings. The Hall–Kier alpha value is -0.790. The molecule has 1 aliphatic carbocycles. The van der Waals surface area contributed by atoms with Gasteiger partial charge in [-0.3, -0.25) is 4.79 Å². The molecule has 1 saturated carbocycles. The fraction of sp³-hybridized carbons (Fsp3) is 0.750. The highest BCUT2D eigenvalue weighted by Gasteiger charge is 2.40.